The van der Waals surface area contributed by atoms with E-state index < -0.39 is 10.0 Å². The smallest absolute Gasteiger partial charge is 0.238 e. The number of fused-ring (bicyclic) bond motifs is 1. The summed E-state index contributed by atoms with van der Waals surface area (Å²) in [6.07, 6.45) is 1.61. The molecule has 0 aliphatic rings. The van der Waals surface area contributed by atoms with Gasteiger partial charge < -0.3 is 9.88 Å². The summed E-state index contributed by atoms with van der Waals surface area (Å²) in [6.45, 7) is 4.70. The van der Waals surface area contributed by atoms with Gasteiger partial charge in [-0.05, 0) is 43.7 Å². The molecule has 3 aromatic rings. The monoisotopic (exact) mass is 454 g/mol. The molecule has 0 aliphatic carbocycles. The third-order valence-electron chi connectivity index (χ3n) is 4.55. The molecule has 7 nitrogen and oxygen atoms in total. The first-order valence-corrected chi connectivity index (χ1v) is 12.0. The van der Waals surface area contributed by atoms with E-state index in [0.717, 1.165) is 29.2 Å². The number of halogens is 1. The Kier molecular flexibility index (Phi) is 6.62. The van der Waals surface area contributed by atoms with Crippen molar-refractivity contribution in [2.45, 2.75) is 50.6 Å². The summed E-state index contributed by atoms with van der Waals surface area (Å²) < 4.78 is 25.9. The molecular formula is C19H23ClN4O3S2. The number of benzene rings is 1. The van der Waals surface area contributed by atoms with Crippen molar-refractivity contribution in [1.82, 2.24) is 14.9 Å². The lowest BCUT2D eigenvalue weighted by atomic mass is 10.2. The number of primary sulfonamides is 1. The van der Waals surface area contributed by atoms with Crippen LogP contribution in [0.25, 0.3) is 11.0 Å². The van der Waals surface area contributed by atoms with Gasteiger partial charge in [0.1, 0.15) is 5.82 Å². The van der Waals surface area contributed by atoms with Crippen LogP contribution >= 0.6 is 22.9 Å². The number of hydrogen-bond donors (Lipinski definition) is 2. The Morgan fingerprint density at radius 3 is 2.72 bits per heavy atom. The summed E-state index contributed by atoms with van der Waals surface area (Å²) in [5.74, 6) is 0.665. The van der Waals surface area contributed by atoms with Crippen molar-refractivity contribution < 1.29 is 13.2 Å². The molecule has 0 spiro atoms. The van der Waals surface area contributed by atoms with Crippen molar-refractivity contribution in [2.75, 3.05) is 0 Å². The summed E-state index contributed by atoms with van der Waals surface area (Å²) in [6, 6.07) is 8.27. The van der Waals surface area contributed by atoms with Crippen LogP contribution in [0.5, 0.6) is 0 Å². The number of sulfonamides is 1. The second kappa shape index (κ2) is 8.83. The molecular weight excluding hydrogens is 432 g/mol. The summed E-state index contributed by atoms with van der Waals surface area (Å²) in [5, 5.41) is 8.20. The van der Waals surface area contributed by atoms with E-state index in [-0.39, 0.29) is 23.3 Å². The third kappa shape index (κ3) is 5.16. The zero-order valence-corrected chi connectivity index (χ0v) is 18.6. The zero-order valence-electron chi connectivity index (χ0n) is 16.2. The van der Waals surface area contributed by atoms with Crippen LogP contribution in [0.4, 0.5) is 0 Å². The number of hydrogen-bond acceptors (Lipinski definition) is 5. The number of imidazole rings is 1. The minimum Gasteiger partial charge on any atom is -0.349 e. The molecule has 1 atom stereocenters. The van der Waals surface area contributed by atoms with Gasteiger partial charge in [0.2, 0.25) is 15.9 Å². The third-order valence-corrected chi connectivity index (χ3v) is 6.87. The van der Waals surface area contributed by atoms with Gasteiger partial charge in [-0.2, -0.15) is 0 Å². The summed E-state index contributed by atoms with van der Waals surface area (Å²) in [4.78, 5) is 18.0. The minimum absolute atomic E-state index is 0.0267. The second-order valence-corrected chi connectivity index (χ2v) is 10.1. The molecule has 0 aliphatic heterocycles. The first-order chi connectivity index (χ1) is 13.7. The first-order valence-electron chi connectivity index (χ1n) is 9.25. The van der Waals surface area contributed by atoms with E-state index in [4.69, 9.17) is 16.7 Å². The van der Waals surface area contributed by atoms with Crippen molar-refractivity contribution in [3.05, 3.63) is 45.4 Å². The van der Waals surface area contributed by atoms with E-state index in [9.17, 15) is 13.2 Å². The highest BCUT2D eigenvalue weighted by atomic mass is 35.5. The number of carbonyl (C=O) groups excluding carboxylic acids is 1. The molecule has 1 amide bonds. The maximum atomic E-state index is 12.4. The molecule has 0 bridgehead atoms. The van der Waals surface area contributed by atoms with Crippen molar-refractivity contribution >= 4 is 49.9 Å². The Morgan fingerprint density at radius 1 is 1.34 bits per heavy atom. The predicted molar refractivity (Wildman–Crippen MR) is 116 cm³/mol. The molecule has 3 rings (SSSR count). The number of nitrogens with two attached hydrogens (primary N) is 1. The van der Waals surface area contributed by atoms with Gasteiger partial charge >= 0.3 is 0 Å². The fourth-order valence-corrected chi connectivity index (χ4v) is 4.77. The molecule has 10 heteroatoms. The number of carbonyl (C=O) groups is 1. The molecule has 3 N–H and O–H groups in total. The molecule has 1 unspecified atom stereocenters. The maximum Gasteiger partial charge on any atom is 0.238 e. The Morgan fingerprint density at radius 2 is 2.10 bits per heavy atom. The highest BCUT2D eigenvalue weighted by Crippen LogP contribution is 2.27. The van der Waals surface area contributed by atoms with Gasteiger partial charge in [-0.1, -0.05) is 18.5 Å². The summed E-state index contributed by atoms with van der Waals surface area (Å²) in [5.41, 5.74) is 1.39. The van der Waals surface area contributed by atoms with E-state index in [1.165, 1.54) is 23.5 Å². The first kappa shape index (κ1) is 21.8. The summed E-state index contributed by atoms with van der Waals surface area (Å²) in [7, 11) is -3.80. The fraction of sp³-hybridized carbons (Fsp3) is 0.368. The largest absolute Gasteiger partial charge is 0.349 e. The lowest BCUT2D eigenvalue weighted by Crippen LogP contribution is -2.26. The Labute approximate surface area is 178 Å². The topological polar surface area (TPSA) is 107 Å². The van der Waals surface area contributed by atoms with Crippen molar-refractivity contribution in [1.29, 1.82) is 0 Å². The van der Waals surface area contributed by atoms with Crippen molar-refractivity contribution in [3.63, 3.8) is 0 Å². The average molecular weight is 455 g/mol. The molecule has 0 saturated heterocycles. The van der Waals surface area contributed by atoms with E-state index in [2.05, 4.69) is 17.2 Å². The lowest BCUT2D eigenvalue weighted by Gasteiger charge is -2.12. The molecule has 29 heavy (non-hydrogen) atoms. The van der Waals surface area contributed by atoms with Crippen LogP contribution in [0.3, 0.4) is 0 Å². The number of aromatic nitrogens is 2. The molecule has 0 fully saturated rings. The van der Waals surface area contributed by atoms with Crippen LogP contribution in [0.2, 0.25) is 4.34 Å². The van der Waals surface area contributed by atoms with Gasteiger partial charge in [0, 0.05) is 24.3 Å². The van der Waals surface area contributed by atoms with Crippen LogP contribution in [0, 0.1) is 0 Å². The highest BCUT2D eigenvalue weighted by Gasteiger charge is 2.17. The molecule has 2 heterocycles. The molecule has 0 radical (unpaired) electrons. The molecule has 156 valence electrons. The number of thiophene rings is 1. The zero-order chi connectivity index (χ0) is 21.2. The van der Waals surface area contributed by atoms with Crippen LogP contribution in [-0.4, -0.2) is 23.9 Å². The van der Waals surface area contributed by atoms with Crippen LogP contribution in [0.1, 0.15) is 43.4 Å². The van der Waals surface area contributed by atoms with E-state index in [0.29, 0.717) is 16.3 Å². The number of nitrogens with one attached hydrogen (secondary N) is 1. The highest BCUT2D eigenvalue weighted by molar-refractivity contribution is 7.89. The fourth-order valence-electron chi connectivity index (χ4n) is 3.17. The second-order valence-electron chi connectivity index (χ2n) is 6.81. The molecule has 2 aromatic heterocycles. The van der Waals surface area contributed by atoms with Crippen molar-refractivity contribution in [3.8, 4) is 0 Å². The number of amides is 1. The normalized spacial score (nSPS) is 13.0. The number of aryl methyl sites for hydroxylation is 2. The molecule has 0 saturated carbocycles. The van der Waals surface area contributed by atoms with Crippen LogP contribution in [0.15, 0.2) is 35.2 Å². The van der Waals surface area contributed by atoms with Crippen LogP contribution < -0.4 is 10.5 Å². The quantitative estimate of drug-likeness (QED) is 0.541. The number of rotatable bonds is 8. The van der Waals surface area contributed by atoms with Gasteiger partial charge in [0.25, 0.3) is 0 Å². The maximum absolute atomic E-state index is 12.4. The Hall–Kier alpha value is -1.94. The molecule has 1 aromatic carbocycles. The number of nitrogens with zero attached hydrogens (tertiary/aromatic N) is 2. The lowest BCUT2D eigenvalue weighted by molar-refractivity contribution is -0.121. The SMILES string of the molecule is CCCn1c(CCC(=O)NC(C)c2ccc(Cl)s2)nc2cc(S(N)(=O)=O)ccc21. The van der Waals surface area contributed by atoms with E-state index in [1.54, 1.807) is 6.07 Å². The Bertz CT molecular complexity index is 1140. The van der Waals surface area contributed by atoms with Crippen LogP contribution in [-0.2, 0) is 27.8 Å². The predicted octanol–water partition coefficient (Wildman–Crippen LogP) is 3.62. The van der Waals surface area contributed by atoms with Gasteiger partial charge in [-0.3, -0.25) is 4.79 Å². The average Bonchev–Trinajstić information content (AvgIpc) is 3.23. The van der Waals surface area contributed by atoms with E-state index >= 15 is 0 Å². The van der Waals surface area contributed by atoms with E-state index in [1.807, 2.05) is 23.6 Å². The summed E-state index contributed by atoms with van der Waals surface area (Å²) >= 11 is 7.40. The van der Waals surface area contributed by atoms with Gasteiger partial charge in [0.15, 0.2) is 0 Å². The standard InChI is InChI=1S/C19H23ClN4O3S2/c1-3-10-24-15-5-4-13(29(21,26)27)11-14(15)23-18(24)8-9-19(25)22-12(2)16-6-7-17(20)28-16/h4-7,11-12H,3,8-10H2,1-2H3,(H,22,25)(H2,21,26,27). The van der Waals surface area contributed by atoms with Crippen molar-refractivity contribution in [2.24, 2.45) is 5.14 Å². The van der Waals surface area contributed by atoms with Gasteiger partial charge in [0.05, 0.1) is 26.3 Å². The van der Waals surface area contributed by atoms with Gasteiger partial charge in [-0.15, -0.1) is 11.3 Å². The minimum atomic E-state index is -3.80. The van der Waals surface area contributed by atoms with Gasteiger partial charge in [-0.25, -0.2) is 18.5 Å². The Balaban J connectivity index is 1.76.